The second-order valence-electron chi connectivity index (χ2n) is 13.6. The van der Waals surface area contributed by atoms with Crippen LogP contribution in [0.2, 0.25) is 0 Å². The molecule has 236 valence electrons. The highest BCUT2D eigenvalue weighted by Crippen LogP contribution is 2.43. The Morgan fingerprint density at radius 3 is 1.00 bits per heavy atom. The molecule has 0 atom stereocenters. The molecule has 1 aliphatic rings. The fraction of sp³-hybridized carbons (Fsp3) is 0.944. The van der Waals surface area contributed by atoms with Crippen LogP contribution in [-0.2, 0) is 19.1 Å². The molecule has 1 aliphatic carbocycles. The van der Waals surface area contributed by atoms with Crippen molar-refractivity contribution in [2.45, 2.75) is 188 Å². The Hall–Kier alpha value is -1.06. The van der Waals surface area contributed by atoms with E-state index >= 15 is 0 Å². The smallest absolute Gasteiger partial charge is 0.323 e. The molecule has 0 bridgehead atoms. The molecule has 40 heavy (non-hydrogen) atoms. The maximum absolute atomic E-state index is 12.7. The van der Waals surface area contributed by atoms with E-state index < -0.39 is 5.41 Å². The van der Waals surface area contributed by atoms with Gasteiger partial charge in [0.2, 0.25) is 0 Å². The molecule has 0 aliphatic heterocycles. The number of ether oxygens (including phenoxy) is 2. The molecule has 0 unspecified atom stereocenters. The molecule has 4 nitrogen and oxygen atoms in total. The summed E-state index contributed by atoms with van der Waals surface area (Å²) >= 11 is 0. The summed E-state index contributed by atoms with van der Waals surface area (Å²) in [6.45, 7) is 10.1. The van der Waals surface area contributed by atoms with Crippen molar-refractivity contribution in [2.24, 2.45) is 17.3 Å². The summed E-state index contributed by atoms with van der Waals surface area (Å²) in [6.07, 6.45) is 30.1. The van der Waals surface area contributed by atoms with E-state index in [4.69, 9.17) is 9.47 Å². The number of esters is 2. The van der Waals surface area contributed by atoms with E-state index in [0.29, 0.717) is 26.1 Å². The molecular weight excluding hydrogens is 496 g/mol. The first-order chi connectivity index (χ1) is 19.4. The lowest BCUT2D eigenvalue weighted by molar-refractivity contribution is -0.179. The lowest BCUT2D eigenvalue weighted by atomic mass is 9.69. The van der Waals surface area contributed by atoms with Gasteiger partial charge in [-0.05, 0) is 43.9 Å². The van der Waals surface area contributed by atoms with E-state index in [1.807, 2.05) is 0 Å². The van der Waals surface area contributed by atoms with Crippen LogP contribution < -0.4 is 0 Å². The zero-order valence-electron chi connectivity index (χ0n) is 27.4. The highest BCUT2D eigenvalue weighted by atomic mass is 16.6. The van der Waals surface area contributed by atoms with Crippen molar-refractivity contribution in [3.05, 3.63) is 0 Å². The van der Waals surface area contributed by atoms with Crippen LogP contribution >= 0.6 is 0 Å². The number of unbranched alkanes of at least 4 members (excludes halogenated alkanes) is 18. The van der Waals surface area contributed by atoms with Gasteiger partial charge in [-0.3, -0.25) is 9.59 Å². The zero-order chi connectivity index (χ0) is 29.3. The topological polar surface area (TPSA) is 52.6 Å². The van der Waals surface area contributed by atoms with Crippen LogP contribution in [0.25, 0.3) is 0 Å². The summed E-state index contributed by atoms with van der Waals surface area (Å²) in [5, 5.41) is 0. The van der Waals surface area contributed by atoms with Crippen LogP contribution in [0, 0.1) is 17.3 Å². The van der Waals surface area contributed by atoms with Crippen molar-refractivity contribution < 1.29 is 19.1 Å². The predicted molar refractivity (Wildman–Crippen MR) is 169 cm³/mol. The van der Waals surface area contributed by atoms with Gasteiger partial charge in [-0.2, -0.15) is 0 Å². The Balaban J connectivity index is 1.97. The normalized spacial score (nSPS) is 14.4. The van der Waals surface area contributed by atoms with Gasteiger partial charge >= 0.3 is 11.9 Å². The second kappa shape index (κ2) is 24.5. The fourth-order valence-electron chi connectivity index (χ4n) is 5.77. The van der Waals surface area contributed by atoms with E-state index in [1.165, 1.54) is 116 Å². The van der Waals surface area contributed by atoms with Gasteiger partial charge in [0.15, 0.2) is 5.41 Å². The molecule has 0 aromatic rings. The summed E-state index contributed by atoms with van der Waals surface area (Å²) in [6, 6.07) is 0. The first-order valence-electron chi connectivity index (χ1n) is 17.7. The third-order valence-electron chi connectivity index (χ3n) is 8.81. The molecule has 0 N–H and O–H groups in total. The van der Waals surface area contributed by atoms with Crippen LogP contribution in [0.4, 0.5) is 0 Å². The van der Waals surface area contributed by atoms with Crippen molar-refractivity contribution in [2.75, 3.05) is 13.2 Å². The highest BCUT2D eigenvalue weighted by Gasteiger charge is 2.53. The van der Waals surface area contributed by atoms with Crippen molar-refractivity contribution in [3.8, 4) is 0 Å². The minimum atomic E-state index is -1.01. The van der Waals surface area contributed by atoms with Crippen LogP contribution in [0.5, 0.6) is 0 Å². The molecule has 0 saturated heterocycles. The number of hydrogen-bond acceptors (Lipinski definition) is 4. The molecule has 0 amide bonds. The van der Waals surface area contributed by atoms with Crippen molar-refractivity contribution >= 4 is 11.9 Å². The van der Waals surface area contributed by atoms with Gasteiger partial charge < -0.3 is 9.47 Å². The van der Waals surface area contributed by atoms with Gasteiger partial charge in [0, 0.05) is 0 Å². The molecule has 0 aromatic carbocycles. The molecule has 0 aromatic heterocycles. The minimum absolute atomic E-state index is 0.342. The maximum atomic E-state index is 12.7. The van der Waals surface area contributed by atoms with Crippen LogP contribution in [0.15, 0.2) is 0 Å². The fourth-order valence-corrected chi connectivity index (χ4v) is 5.77. The quantitative estimate of drug-likeness (QED) is 0.0538. The third-order valence-corrected chi connectivity index (χ3v) is 8.81. The summed E-state index contributed by atoms with van der Waals surface area (Å²) in [5.41, 5.74) is -1.01. The molecule has 0 radical (unpaired) electrons. The minimum Gasteiger partial charge on any atom is -0.465 e. The van der Waals surface area contributed by atoms with Gasteiger partial charge in [0.1, 0.15) is 0 Å². The van der Waals surface area contributed by atoms with Gasteiger partial charge in [-0.15, -0.1) is 0 Å². The van der Waals surface area contributed by atoms with E-state index in [-0.39, 0.29) is 11.9 Å². The standard InChI is InChI=1S/C36H68O4/c1-32(2)26-21-17-13-9-5-7-11-15-19-23-30-39-34(37)36(28-25-29-36)35(38)40-31-24-20-16-12-8-6-10-14-18-22-27-33(3)4/h32-33H,5-31H2,1-4H3. The zero-order valence-corrected chi connectivity index (χ0v) is 27.4. The van der Waals surface area contributed by atoms with Crippen molar-refractivity contribution in [3.63, 3.8) is 0 Å². The number of carbonyl (C=O) groups is 2. The average Bonchev–Trinajstić information content (AvgIpc) is 2.88. The van der Waals surface area contributed by atoms with Gasteiger partial charge in [-0.25, -0.2) is 0 Å². The van der Waals surface area contributed by atoms with Crippen LogP contribution in [0.1, 0.15) is 188 Å². The summed E-state index contributed by atoms with van der Waals surface area (Å²) in [4.78, 5) is 25.5. The van der Waals surface area contributed by atoms with E-state index in [1.54, 1.807) is 0 Å². The monoisotopic (exact) mass is 565 g/mol. The summed E-state index contributed by atoms with van der Waals surface area (Å²) in [7, 11) is 0. The Morgan fingerprint density at radius 1 is 0.475 bits per heavy atom. The Bertz CT molecular complexity index is 560. The Labute approximate surface area is 249 Å². The van der Waals surface area contributed by atoms with Gasteiger partial charge in [0.05, 0.1) is 13.2 Å². The SMILES string of the molecule is CC(C)CCCCCCCCCCCCOC(=O)C1(C(=O)OCCCCCCCCCCCCC(C)C)CCC1. The third kappa shape index (κ3) is 18.4. The Kier molecular flexibility index (Phi) is 22.7. The first-order valence-corrected chi connectivity index (χ1v) is 17.7. The molecule has 0 heterocycles. The molecular formula is C36H68O4. The summed E-state index contributed by atoms with van der Waals surface area (Å²) in [5.74, 6) is 0.993. The average molecular weight is 565 g/mol. The molecule has 4 heteroatoms. The largest absolute Gasteiger partial charge is 0.465 e. The summed E-state index contributed by atoms with van der Waals surface area (Å²) < 4.78 is 11.1. The maximum Gasteiger partial charge on any atom is 0.323 e. The number of carbonyl (C=O) groups excluding carboxylic acids is 2. The number of hydrogen-bond donors (Lipinski definition) is 0. The van der Waals surface area contributed by atoms with Crippen molar-refractivity contribution in [1.82, 2.24) is 0 Å². The number of rotatable bonds is 28. The second-order valence-corrected chi connectivity index (χ2v) is 13.6. The Morgan fingerprint density at radius 2 is 0.750 bits per heavy atom. The van der Waals surface area contributed by atoms with Gasteiger partial charge in [-0.1, -0.05) is 156 Å². The van der Waals surface area contributed by atoms with E-state index in [0.717, 1.165) is 43.9 Å². The molecule has 1 saturated carbocycles. The van der Waals surface area contributed by atoms with Gasteiger partial charge in [0.25, 0.3) is 0 Å². The molecule has 1 rings (SSSR count). The lowest BCUT2D eigenvalue weighted by Gasteiger charge is -2.36. The predicted octanol–water partition coefficient (Wildman–Crippen LogP) is 11.1. The van der Waals surface area contributed by atoms with Crippen LogP contribution in [-0.4, -0.2) is 25.2 Å². The molecule has 1 fully saturated rings. The first kappa shape index (κ1) is 37.0. The van der Waals surface area contributed by atoms with Crippen LogP contribution in [0.3, 0.4) is 0 Å². The lowest BCUT2D eigenvalue weighted by Crippen LogP contribution is -2.47. The van der Waals surface area contributed by atoms with E-state index in [9.17, 15) is 9.59 Å². The molecule has 0 spiro atoms. The van der Waals surface area contributed by atoms with E-state index in [2.05, 4.69) is 27.7 Å². The van der Waals surface area contributed by atoms with Crippen molar-refractivity contribution in [1.29, 1.82) is 0 Å². The highest BCUT2D eigenvalue weighted by molar-refractivity contribution is 6.01.